The van der Waals surface area contributed by atoms with Crippen molar-refractivity contribution in [1.82, 2.24) is 9.80 Å². The van der Waals surface area contributed by atoms with Crippen LogP contribution in [0.1, 0.15) is 27.6 Å². The summed E-state index contributed by atoms with van der Waals surface area (Å²) >= 11 is 0. The first kappa shape index (κ1) is 26.6. The van der Waals surface area contributed by atoms with Gasteiger partial charge in [-0.15, -0.1) is 0 Å². The maximum Gasteiger partial charge on any atom is 0.323 e. The summed E-state index contributed by atoms with van der Waals surface area (Å²) in [5.74, 6) is -0.448. The number of aliphatic hydroxyl groups is 1. The fourth-order valence-corrected chi connectivity index (χ4v) is 4.41. The summed E-state index contributed by atoms with van der Waals surface area (Å²) in [4.78, 5) is 43.0. The Morgan fingerprint density at radius 2 is 1.76 bits per heavy atom. The highest BCUT2D eigenvalue weighted by atomic mass is 16.5. The third-order valence-electron chi connectivity index (χ3n) is 6.44. The van der Waals surface area contributed by atoms with Gasteiger partial charge in [0.1, 0.15) is 0 Å². The average molecular weight is 512 g/mol. The smallest absolute Gasteiger partial charge is 0.323 e. The van der Waals surface area contributed by atoms with Crippen molar-refractivity contribution in [2.75, 3.05) is 75.2 Å². The van der Waals surface area contributed by atoms with Gasteiger partial charge in [-0.2, -0.15) is 0 Å². The highest BCUT2D eigenvalue weighted by Gasteiger charge is 2.36. The van der Waals surface area contributed by atoms with Gasteiger partial charge in [0.15, 0.2) is 5.78 Å². The number of anilines is 3. The number of methoxy groups -OCH3 is 1. The standard InChI is InChI=1S/C26H33N5O6/c1-18(32)19-4-3-5-20(16-19)27-25(34)28-21-6-7-23-22(17-21)24(33)31(12-13-36-2)26(35)30(23)9-8-29-10-14-37-15-11-29/h3-7,16-17,26,35H,8-15H2,1-2H3,(H2,27,28,34). The maximum atomic E-state index is 13.3. The van der Waals surface area contributed by atoms with E-state index in [4.69, 9.17) is 9.47 Å². The zero-order valence-electron chi connectivity index (χ0n) is 21.1. The van der Waals surface area contributed by atoms with Crippen molar-refractivity contribution in [2.24, 2.45) is 0 Å². The van der Waals surface area contributed by atoms with Crippen molar-refractivity contribution < 1.29 is 29.0 Å². The quantitative estimate of drug-likeness (QED) is 0.437. The minimum atomic E-state index is -1.13. The predicted octanol–water partition coefficient (Wildman–Crippen LogP) is 2.05. The fraction of sp³-hybridized carbons (Fsp3) is 0.423. The number of fused-ring (bicyclic) bond motifs is 1. The van der Waals surface area contributed by atoms with Crippen LogP contribution < -0.4 is 15.5 Å². The van der Waals surface area contributed by atoms with Crippen LogP contribution in [-0.4, -0.2) is 98.6 Å². The van der Waals surface area contributed by atoms with E-state index in [1.165, 1.54) is 18.9 Å². The maximum absolute atomic E-state index is 13.3. The van der Waals surface area contributed by atoms with E-state index in [0.717, 1.165) is 13.1 Å². The summed E-state index contributed by atoms with van der Waals surface area (Å²) in [6.45, 7) is 6.14. The Morgan fingerprint density at radius 1 is 1.03 bits per heavy atom. The number of amides is 3. The fourth-order valence-electron chi connectivity index (χ4n) is 4.41. The van der Waals surface area contributed by atoms with Gasteiger partial charge in [-0.05, 0) is 37.3 Å². The molecule has 37 heavy (non-hydrogen) atoms. The molecule has 4 rings (SSSR count). The van der Waals surface area contributed by atoms with E-state index in [-0.39, 0.29) is 24.8 Å². The minimum Gasteiger partial charge on any atom is -0.383 e. The number of benzene rings is 2. The van der Waals surface area contributed by atoms with Crippen molar-refractivity contribution in [3.63, 3.8) is 0 Å². The summed E-state index contributed by atoms with van der Waals surface area (Å²) in [5, 5.41) is 16.5. The van der Waals surface area contributed by atoms with Crippen LogP contribution in [0.25, 0.3) is 0 Å². The lowest BCUT2D eigenvalue weighted by Gasteiger charge is -2.43. The SMILES string of the molecule is COCCN1C(=O)c2cc(NC(=O)Nc3cccc(C(C)=O)c3)ccc2N(CCN2CCOCC2)C1O. The number of rotatable bonds is 9. The number of morpholine rings is 1. The molecule has 0 radical (unpaired) electrons. The van der Waals surface area contributed by atoms with E-state index in [1.807, 2.05) is 0 Å². The van der Waals surface area contributed by atoms with Crippen LogP contribution in [0.2, 0.25) is 0 Å². The Labute approximate surface area is 215 Å². The molecule has 1 unspecified atom stereocenters. The van der Waals surface area contributed by atoms with Crippen LogP contribution >= 0.6 is 0 Å². The van der Waals surface area contributed by atoms with Gasteiger partial charge in [-0.3, -0.25) is 19.4 Å². The number of carbonyl (C=O) groups is 3. The molecule has 1 fully saturated rings. The van der Waals surface area contributed by atoms with Gasteiger partial charge in [-0.1, -0.05) is 12.1 Å². The number of ketones is 1. The van der Waals surface area contributed by atoms with Crippen molar-refractivity contribution in [2.45, 2.75) is 13.3 Å². The van der Waals surface area contributed by atoms with E-state index >= 15 is 0 Å². The van der Waals surface area contributed by atoms with Crippen LogP contribution in [0.3, 0.4) is 0 Å². The predicted molar refractivity (Wildman–Crippen MR) is 139 cm³/mol. The third-order valence-corrected chi connectivity index (χ3v) is 6.44. The molecular weight excluding hydrogens is 478 g/mol. The van der Waals surface area contributed by atoms with Gasteiger partial charge in [-0.25, -0.2) is 4.79 Å². The molecule has 2 aliphatic heterocycles. The lowest BCUT2D eigenvalue weighted by atomic mass is 10.1. The lowest BCUT2D eigenvalue weighted by Crippen LogP contribution is -2.57. The molecule has 1 saturated heterocycles. The second-order valence-corrected chi connectivity index (χ2v) is 8.93. The number of hydrogen-bond acceptors (Lipinski definition) is 8. The summed E-state index contributed by atoms with van der Waals surface area (Å²) in [6.07, 6.45) is -1.13. The van der Waals surface area contributed by atoms with Gasteiger partial charge in [0.25, 0.3) is 5.91 Å². The molecule has 198 valence electrons. The Morgan fingerprint density at radius 3 is 2.46 bits per heavy atom. The molecule has 3 amide bonds. The molecule has 2 aromatic carbocycles. The summed E-state index contributed by atoms with van der Waals surface area (Å²) in [7, 11) is 1.54. The molecule has 0 aliphatic carbocycles. The molecule has 0 aromatic heterocycles. The van der Waals surface area contributed by atoms with Gasteiger partial charge in [0.2, 0.25) is 6.35 Å². The number of carbonyl (C=O) groups excluding carboxylic acids is 3. The molecular formula is C26H33N5O6. The van der Waals surface area contributed by atoms with Crippen LogP contribution in [0.5, 0.6) is 0 Å². The monoisotopic (exact) mass is 511 g/mol. The van der Waals surface area contributed by atoms with Crippen molar-refractivity contribution >= 4 is 34.8 Å². The molecule has 3 N–H and O–H groups in total. The van der Waals surface area contributed by atoms with E-state index in [2.05, 4.69) is 15.5 Å². The first-order valence-corrected chi connectivity index (χ1v) is 12.2. The van der Waals surface area contributed by atoms with Gasteiger partial charge in [0, 0.05) is 56.8 Å². The van der Waals surface area contributed by atoms with Crippen molar-refractivity contribution in [1.29, 1.82) is 0 Å². The molecule has 0 spiro atoms. The number of nitrogens with zero attached hydrogens (tertiary/aromatic N) is 3. The molecule has 2 aromatic rings. The second kappa shape index (κ2) is 12.2. The highest BCUT2D eigenvalue weighted by molar-refractivity contribution is 6.05. The Bertz CT molecular complexity index is 1140. The van der Waals surface area contributed by atoms with Gasteiger partial charge in [0.05, 0.1) is 31.1 Å². The van der Waals surface area contributed by atoms with Gasteiger partial charge >= 0.3 is 6.03 Å². The molecule has 11 heteroatoms. The summed E-state index contributed by atoms with van der Waals surface area (Å²) < 4.78 is 10.6. The normalized spacial score (nSPS) is 17.9. The van der Waals surface area contributed by atoms with Crippen LogP contribution in [-0.2, 0) is 9.47 Å². The van der Waals surface area contributed by atoms with Gasteiger partial charge < -0.3 is 30.1 Å². The molecule has 1 atom stereocenters. The largest absolute Gasteiger partial charge is 0.383 e. The molecule has 2 heterocycles. The van der Waals surface area contributed by atoms with E-state index in [1.54, 1.807) is 47.4 Å². The topological polar surface area (TPSA) is 124 Å². The second-order valence-electron chi connectivity index (χ2n) is 8.93. The van der Waals surface area contributed by atoms with Crippen LogP contribution in [0.4, 0.5) is 21.9 Å². The zero-order chi connectivity index (χ0) is 26.4. The molecule has 11 nitrogen and oxygen atoms in total. The number of Topliss-reactive ketones (excluding diaryl/α,β-unsaturated/α-hetero) is 1. The highest BCUT2D eigenvalue weighted by Crippen LogP contribution is 2.32. The zero-order valence-corrected chi connectivity index (χ0v) is 21.1. The average Bonchev–Trinajstić information content (AvgIpc) is 2.89. The molecule has 0 bridgehead atoms. The third kappa shape index (κ3) is 6.44. The Kier molecular flexibility index (Phi) is 8.72. The van der Waals surface area contributed by atoms with Crippen LogP contribution in [0, 0.1) is 0 Å². The number of urea groups is 1. The van der Waals surface area contributed by atoms with E-state index in [0.29, 0.717) is 54.5 Å². The Balaban J connectivity index is 1.52. The van der Waals surface area contributed by atoms with Crippen molar-refractivity contribution in [3.05, 3.63) is 53.6 Å². The number of nitrogens with one attached hydrogen (secondary N) is 2. The van der Waals surface area contributed by atoms with E-state index < -0.39 is 12.4 Å². The minimum absolute atomic E-state index is 0.101. The Hall–Kier alpha value is -3.51. The summed E-state index contributed by atoms with van der Waals surface area (Å²) in [6, 6.07) is 11.2. The first-order chi connectivity index (χ1) is 17.9. The number of ether oxygens (including phenoxy) is 2. The molecule has 2 aliphatic rings. The number of aliphatic hydroxyl groups excluding tert-OH is 1. The lowest BCUT2D eigenvalue weighted by molar-refractivity contribution is -0.0100. The molecule has 0 saturated carbocycles. The van der Waals surface area contributed by atoms with Crippen LogP contribution in [0.15, 0.2) is 42.5 Å². The van der Waals surface area contributed by atoms with E-state index in [9.17, 15) is 19.5 Å². The summed E-state index contributed by atoms with van der Waals surface area (Å²) in [5.41, 5.74) is 2.36. The van der Waals surface area contributed by atoms with Crippen molar-refractivity contribution in [3.8, 4) is 0 Å². The number of hydrogen-bond donors (Lipinski definition) is 3. The first-order valence-electron chi connectivity index (χ1n) is 12.2.